The van der Waals surface area contributed by atoms with Gasteiger partial charge in [0.25, 0.3) is 0 Å². The van der Waals surface area contributed by atoms with Crippen molar-refractivity contribution in [3.05, 3.63) is 70.9 Å². The summed E-state index contributed by atoms with van der Waals surface area (Å²) in [5.74, 6) is -2.56. The maximum Gasteiger partial charge on any atom is 0.201 e. The fourth-order valence-electron chi connectivity index (χ4n) is 3.10. The third-order valence-electron chi connectivity index (χ3n) is 4.51. The van der Waals surface area contributed by atoms with Gasteiger partial charge in [-0.3, -0.25) is 4.79 Å². The van der Waals surface area contributed by atoms with E-state index >= 15 is 0 Å². The largest absolute Gasteiger partial charge is 0.345 e. The minimum atomic E-state index is -1.53. The Kier molecular flexibility index (Phi) is 5.74. The Balaban J connectivity index is 1.77. The van der Waals surface area contributed by atoms with Crippen molar-refractivity contribution in [3.63, 3.8) is 0 Å². The predicted octanol–water partition coefficient (Wildman–Crippen LogP) is 5.29. The molecule has 9 heteroatoms. The molecule has 1 aromatic carbocycles. The molecule has 3 aromatic heterocycles. The van der Waals surface area contributed by atoms with Gasteiger partial charge < -0.3 is 9.71 Å². The Morgan fingerprint density at radius 1 is 1.30 bits per heavy atom. The zero-order valence-electron chi connectivity index (χ0n) is 15.9. The number of ketones is 1. The highest BCUT2D eigenvalue weighted by atomic mass is 32.2. The second-order valence-electron chi connectivity index (χ2n) is 6.56. The molecule has 30 heavy (non-hydrogen) atoms. The number of carbonyl (C=O) groups is 1. The average molecular weight is 446 g/mol. The lowest BCUT2D eigenvalue weighted by atomic mass is 10.0. The van der Waals surface area contributed by atoms with Gasteiger partial charge in [-0.2, -0.15) is 0 Å². The second-order valence-corrected chi connectivity index (χ2v) is 8.82. The zero-order chi connectivity index (χ0) is 21.3. The summed E-state index contributed by atoms with van der Waals surface area (Å²) >= 11 is 1.52. The van der Waals surface area contributed by atoms with Crippen molar-refractivity contribution in [2.75, 3.05) is 10.5 Å². The van der Waals surface area contributed by atoms with Crippen molar-refractivity contribution in [1.29, 1.82) is 0 Å². The van der Waals surface area contributed by atoms with E-state index in [2.05, 4.69) is 14.7 Å². The minimum absolute atomic E-state index is 0.112. The van der Waals surface area contributed by atoms with Crippen molar-refractivity contribution < 1.29 is 17.8 Å². The maximum absolute atomic E-state index is 15.0. The molecule has 5 nitrogen and oxygen atoms in total. The molecule has 1 atom stereocenters. The minimum Gasteiger partial charge on any atom is -0.345 e. The first-order valence-corrected chi connectivity index (χ1v) is 11.4. The molecule has 0 aliphatic rings. The van der Waals surface area contributed by atoms with E-state index in [4.69, 9.17) is 0 Å². The quantitative estimate of drug-likeness (QED) is 0.380. The van der Waals surface area contributed by atoms with Crippen molar-refractivity contribution in [2.24, 2.45) is 0 Å². The third kappa shape index (κ3) is 3.78. The van der Waals surface area contributed by atoms with Gasteiger partial charge in [0.2, 0.25) is 5.78 Å². The monoisotopic (exact) mass is 445 g/mol. The van der Waals surface area contributed by atoms with Crippen LogP contribution >= 0.6 is 11.3 Å². The van der Waals surface area contributed by atoms with E-state index in [0.29, 0.717) is 23.2 Å². The zero-order valence-corrected chi connectivity index (χ0v) is 17.5. The lowest BCUT2D eigenvalue weighted by Crippen LogP contribution is -2.13. The molecular weight excluding hydrogens is 428 g/mol. The number of fused-ring (bicyclic) bond motifs is 1. The van der Waals surface area contributed by atoms with Crippen molar-refractivity contribution in [2.45, 2.75) is 13.3 Å². The standard InChI is InChI=1S/C21H17F2N3O2S2/c1-2-8-30(28)26-16-6-5-15(22)18(19(16)23)20(27)14-11-25-21-13(14)9-12(10-24-21)17-4-3-7-29-17/h3-7,9-11,26H,2,8H2,1H3,(H,24,25). The third-order valence-corrected chi connectivity index (χ3v) is 6.66. The van der Waals surface area contributed by atoms with Crippen molar-refractivity contribution in [3.8, 4) is 10.4 Å². The van der Waals surface area contributed by atoms with Gasteiger partial charge >= 0.3 is 0 Å². The van der Waals surface area contributed by atoms with E-state index in [-0.39, 0.29) is 11.3 Å². The molecule has 0 fully saturated rings. The number of hydrogen-bond acceptors (Lipinski definition) is 4. The van der Waals surface area contributed by atoms with Crippen LogP contribution in [0.3, 0.4) is 0 Å². The molecule has 1 unspecified atom stereocenters. The van der Waals surface area contributed by atoms with Gasteiger partial charge in [0.1, 0.15) is 22.5 Å². The first-order valence-electron chi connectivity index (χ1n) is 9.18. The molecule has 4 rings (SSSR count). The number of anilines is 1. The van der Waals surface area contributed by atoms with Crippen molar-refractivity contribution in [1.82, 2.24) is 9.97 Å². The number of pyridine rings is 1. The number of aromatic nitrogens is 2. The number of rotatable bonds is 7. The fraction of sp³-hybridized carbons (Fsp3) is 0.143. The Labute approximate surface area is 177 Å². The van der Waals surface area contributed by atoms with E-state index in [1.807, 2.05) is 24.4 Å². The molecule has 3 heterocycles. The number of H-pyrrole nitrogens is 1. The highest BCUT2D eigenvalue weighted by molar-refractivity contribution is 7.86. The molecular formula is C21H17F2N3O2S2. The van der Waals surface area contributed by atoms with Crippen LogP contribution in [0.15, 0.2) is 48.1 Å². The van der Waals surface area contributed by atoms with Crippen LogP contribution in [-0.4, -0.2) is 25.7 Å². The van der Waals surface area contributed by atoms with Crippen LogP contribution in [0.25, 0.3) is 21.5 Å². The normalized spacial score (nSPS) is 12.2. The van der Waals surface area contributed by atoms with Crippen LogP contribution in [0, 0.1) is 11.6 Å². The Morgan fingerprint density at radius 2 is 2.13 bits per heavy atom. The molecule has 4 aromatic rings. The topological polar surface area (TPSA) is 74.8 Å². The summed E-state index contributed by atoms with van der Waals surface area (Å²) in [4.78, 5) is 21.3. The fourth-order valence-corrected chi connectivity index (χ4v) is 4.69. The van der Waals surface area contributed by atoms with E-state index in [1.165, 1.54) is 17.5 Å². The summed E-state index contributed by atoms with van der Waals surface area (Å²) in [6, 6.07) is 7.73. The Bertz CT molecular complexity index is 1250. The highest BCUT2D eigenvalue weighted by Gasteiger charge is 2.25. The highest BCUT2D eigenvalue weighted by Crippen LogP contribution is 2.30. The number of carbonyl (C=O) groups excluding carboxylic acids is 1. The van der Waals surface area contributed by atoms with E-state index in [1.54, 1.807) is 12.3 Å². The molecule has 0 radical (unpaired) electrons. The van der Waals surface area contributed by atoms with Gasteiger partial charge in [0, 0.05) is 39.5 Å². The number of halogens is 2. The summed E-state index contributed by atoms with van der Waals surface area (Å²) < 4.78 is 43.9. The number of nitrogens with zero attached hydrogens (tertiary/aromatic N) is 1. The smallest absolute Gasteiger partial charge is 0.201 e. The number of benzene rings is 1. The summed E-state index contributed by atoms with van der Waals surface area (Å²) in [6.45, 7) is 1.84. The van der Waals surface area contributed by atoms with E-state index in [0.717, 1.165) is 22.6 Å². The van der Waals surface area contributed by atoms with Gasteiger partial charge in [-0.15, -0.1) is 11.3 Å². The van der Waals surface area contributed by atoms with Crippen LogP contribution in [0.1, 0.15) is 29.3 Å². The van der Waals surface area contributed by atoms with Gasteiger partial charge in [-0.1, -0.05) is 13.0 Å². The summed E-state index contributed by atoms with van der Waals surface area (Å²) in [7, 11) is -1.53. The molecule has 0 amide bonds. The maximum atomic E-state index is 15.0. The van der Waals surface area contributed by atoms with Gasteiger partial charge in [-0.05, 0) is 36.1 Å². The van der Waals surface area contributed by atoms with Gasteiger partial charge in [0.05, 0.1) is 11.3 Å². The first-order chi connectivity index (χ1) is 14.5. The molecule has 0 aliphatic carbocycles. The lowest BCUT2D eigenvalue weighted by molar-refractivity contribution is 0.103. The number of aromatic amines is 1. The summed E-state index contributed by atoms with van der Waals surface area (Å²) in [5.41, 5.74) is 0.482. The van der Waals surface area contributed by atoms with Crippen LogP contribution in [0.5, 0.6) is 0 Å². The molecule has 0 saturated heterocycles. The Hall–Kier alpha value is -2.91. The number of nitrogens with one attached hydrogen (secondary N) is 2. The van der Waals surface area contributed by atoms with Crippen molar-refractivity contribution >= 4 is 44.8 Å². The first kappa shape index (κ1) is 20.4. The predicted molar refractivity (Wildman–Crippen MR) is 116 cm³/mol. The van der Waals surface area contributed by atoms with E-state index in [9.17, 15) is 17.8 Å². The molecule has 2 N–H and O–H groups in total. The van der Waals surface area contributed by atoms with Crippen LogP contribution in [0.4, 0.5) is 14.5 Å². The SMILES string of the molecule is CCCS(=O)Nc1ccc(F)c(C(=O)c2c[nH]c3ncc(-c4cccs4)cc23)c1F. The van der Waals surface area contributed by atoms with Gasteiger partial charge in [-0.25, -0.2) is 18.0 Å². The average Bonchev–Trinajstić information content (AvgIpc) is 3.39. The van der Waals surface area contributed by atoms with Gasteiger partial charge in [0.15, 0.2) is 5.82 Å². The molecule has 0 saturated carbocycles. The van der Waals surface area contributed by atoms with E-state index < -0.39 is 34.0 Å². The number of hydrogen-bond donors (Lipinski definition) is 2. The summed E-state index contributed by atoms with van der Waals surface area (Å²) in [6.07, 6.45) is 3.70. The molecule has 0 spiro atoms. The Morgan fingerprint density at radius 3 is 2.87 bits per heavy atom. The molecule has 0 aliphatic heterocycles. The molecule has 154 valence electrons. The lowest BCUT2D eigenvalue weighted by Gasteiger charge is -2.10. The van der Waals surface area contributed by atoms with Crippen LogP contribution in [0.2, 0.25) is 0 Å². The second kappa shape index (κ2) is 8.45. The van der Waals surface area contributed by atoms with Crippen LogP contribution in [-0.2, 0) is 11.0 Å². The molecule has 0 bridgehead atoms. The van der Waals surface area contributed by atoms with Crippen LogP contribution < -0.4 is 4.72 Å². The summed E-state index contributed by atoms with van der Waals surface area (Å²) in [5, 5.41) is 2.40. The number of thiophene rings is 1.